The Bertz CT molecular complexity index is 73.3. The highest BCUT2D eigenvalue weighted by molar-refractivity contribution is 9.09. The fraction of sp³-hybridized carbons (Fsp3) is 0.667. The first-order valence-corrected chi connectivity index (χ1v) is 2.46. The van der Waals surface area contributed by atoms with Gasteiger partial charge in [-0.3, -0.25) is 0 Å². The van der Waals surface area contributed by atoms with E-state index in [2.05, 4.69) is 20.7 Å². The van der Waals surface area contributed by atoms with Crippen LogP contribution < -0.4 is 0 Å². The fourth-order valence-electron chi connectivity index (χ4n) is 0.0891. The molecule has 0 heterocycles. The maximum absolute atomic E-state index is 11.5. The van der Waals surface area contributed by atoms with Gasteiger partial charge in [0, 0.05) is 0 Å². The first-order chi connectivity index (χ1) is 3.18. The average molecular weight is 171 g/mol. The summed E-state index contributed by atoms with van der Waals surface area (Å²) >= 11 is 2.36. The molecule has 0 radical (unpaired) electrons. The third kappa shape index (κ3) is 2.56. The Balaban J connectivity index is 3.35. The lowest BCUT2D eigenvalue weighted by Crippen LogP contribution is -2.09. The summed E-state index contributed by atoms with van der Waals surface area (Å²) in [6.07, 6.45) is 0. The summed E-state index contributed by atoms with van der Waals surface area (Å²) in [5, 5.41) is -1.68. The van der Waals surface area contributed by atoms with Crippen molar-refractivity contribution in [1.82, 2.24) is 0 Å². The minimum atomic E-state index is -1.68. The smallest absolute Gasteiger partial charge is 0.351 e. The van der Waals surface area contributed by atoms with Crippen LogP contribution in [0.3, 0.4) is 0 Å². The van der Waals surface area contributed by atoms with E-state index in [9.17, 15) is 9.18 Å². The number of esters is 1. The van der Waals surface area contributed by atoms with Crippen molar-refractivity contribution in [3.8, 4) is 0 Å². The number of hydrogen-bond acceptors (Lipinski definition) is 2. The van der Waals surface area contributed by atoms with E-state index in [1.54, 1.807) is 0 Å². The van der Waals surface area contributed by atoms with Crippen LogP contribution in [0.15, 0.2) is 0 Å². The summed E-state index contributed by atoms with van der Waals surface area (Å²) in [6, 6.07) is 0. The van der Waals surface area contributed by atoms with Crippen LogP contribution in [-0.4, -0.2) is 18.2 Å². The number of alkyl halides is 2. The number of rotatable bonds is 1. The predicted molar refractivity (Wildman–Crippen MR) is 25.8 cm³/mol. The molecule has 0 spiro atoms. The van der Waals surface area contributed by atoms with Crippen molar-refractivity contribution in [3.63, 3.8) is 0 Å². The molecule has 0 aromatic carbocycles. The Kier molecular flexibility index (Phi) is 2.91. The summed E-state index contributed by atoms with van der Waals surface area (Å²) in [4.78, 5) is 9.87. The number of carbonyl (C=O) groups is 1. The van der Waals surface area contributed by atoms with E-state index >= 15 is 0 Å². The molecule has 0 amide bonds. The van der Waals surface area contributed by atoms with Crippen molar-refractivity contribution in [2.75, 3.05) is 7.11 Å². The second-order valence-corrected chi connectivity index (χ2v) is 1.63. The summed E-state index contributed by atoms with van der Waals surface area (Å²) < 4.78 is 15.5. The first-order valence-electron chi connectivity index (χ1n) is 1.54. The summed E-state index contributed by atoms with van der Waals surface area (Å²) in [5.74, 6) is -0.903. The lowest BCUT2D eigenvalue weighted by molar-refractivity contribution is -0.142. The number of methoxy groups -OCH3 is 1. The molecule has 0 bridgehead atoms. The Hall–Kier alpha value is -0.120. The normalized spacial score (nSPS) is 13.0. The molecule has 0 aliphatic carbocycles. The van der Waals surface area contributed by atoms with Crippen LogP contribution in [0.25, 0.3) is 0 Å². The molecule has 0 saturated carbocycles. The van der Waals surface area contributed by atoms with Gasteiger partial charge in [-0.05, 0) is 15.9 Å². The average Bonchev–Trinajstić information content (AvgIpc) is 1.65. The molecule has 1 unspecified atom stereocenters. The Morgan fingerprint density at radius 1 is 2.00 bits per heavy atom. The molecule has 0 aliphatic rings. The van der Waals surface area contributed by atoms with Crippen LogP contribution >= 0.6 is 15.9 Å². The molecule has 0 N–H and O–H groups in total. The lowest BCUT2D eigenvalue weighted by atomic mass is 10.8. The molecule has 42 valence electrons. The van der Waals surface area contributed by atoms with E-state index in [0.29, 0.717) is 0 Å². The van der Waals surface area contributed by atoms with Crippen molar-refractivity contribution in [2.45, 2.75) is 5.08 Å². The number of halogens is 2. The summed E-state index contributed by atoms with van der Waals surface area (Å²) in [5.41, 5.74) is 0. The van der Waals surface area contributed by atoms with Gasteiger partial charge in [-0.2, -0.15) is 0 Å². The van der Waals surface area contributed by atoms with E-state index in [1.165, 1.54) is 0 Å². The zero-order valence-electron chi connectivity index (χ0n) is 3.65. The maximum atomic E-state index is 11.5. The molecule has 0 rings (SSSR count). The largest absolute Gasteiger partial charge is 0.466 e. The van der Waals surface area contributed by atoms with Gasteiger partial charge in [-0.15, -0.1) is 0 Å². The zero-order valence-corrected chi connectivity index (χ0v) is 5.24. The fourth-order valence-corrected chi connectivity index (χ4v) is 0.276. The van der Waals surface area contributed by atoms with Crippen LogP contribution in [0.5, 0.6) is 0 Å². The van der Waals surface area contributed by atoms with Gasteiger partial charge in [0.1, 0.15) is 0 Å². The monoisotopic (exact) mass is 170 g/mol. The number of hydrogen-bond donors (Lipinski definition) is 0. The van der Waals surface area contributed by atoms with Gasteiger partial charge in [0.15, 0.2) is 0 Å². The van der Waals surface area contributed by atoms with E-state index in [1.807, 2.05) is 0 Å². The van der Waals surface area contributed by atoms with Crippen LogP contribution in [0, 0.1) is 0 Å². The van der Waals surface area contributed by atoms with Gasteiger partial charge in [0.2, 0.25) is 0 Å². The zero-order chi connectivity index (χ0) is 5.86. The van der Waals surface area contributed by atoms with Crippen LogP contribution in [0.4, 0.5) is 4.39 Å². The second-order valence-electron chi connectivity index (χ2n) is 0.824. The Labute approximate surface area is 48.8 Å². The number of carbonyl (C=O) groups excluding carboxylic acids is 1. The first kappa shape index (κ1) is 6.88. The highest BCUT2D eigenvalue weighted by Gasteiger charge is 2.10. The molecule has 2 nitrogen and oxygen atoms in total. The van der Waals surface area contributed by atoms with Gasteiger partial charge in [-0.1, -0.05) is 0 Å². The standard InChI is InChI=1S/C3H4BrFO2/c1-7-3(6)2(4)5/h2H,1H3. The van der Waals surface area contributed by atoms with Gasteiger partial charge < -0.3 is 4.74 Å². The lowest BCUT2D eigenvalue weighted by Gasteiger charge is -1.93. The molecule has 0 aromatic heterocycles. The molecular formula is C3H4BrFO2. The topological polar surface area (TPSA) is 26.3 Å². The molecule has 0 aromatic rings. The highest BCUT2D eigenvalue weighted by atomic mass is 79.9. The van der Waals surface area contributed by atoms with Crippen LogP contribution in [-0.2, 0) is 9.53 Å². The maximum Gasteiger partial charge on any atom is 0.351 e. The van der Waals surface area contributed by atoms with Crippen molar-refractivity contribution < 1.29 is 13.9 Å². The van der Waals surface area contributed by atoms with E-state index in [-0.39, 0.29) is 0 Å². The molecule has 0 aliphatic heterocycles. The van der Waals surface area contributed by atoms with Crippen molar-refractivity contribution in [3.05, 3.63) is 0 Å². The van der Waals surface area contributed by atoms with Crippen molar-refractivity contribution >= 4 is 21.9 Å². The molecule has 0 saturated heterocycles. The highest BCUT2D eigenvalue weighted by Crippen LogP contribution is 2.00. The van der Waals surface area contributed by atoms with Gasteiger partial charge in [0.25, 0.3) is 5.08 Å². The van der Waals surface area contributed by atoms with Crippen molar-refractivity contribution in [2.24, 2.45) is 0 Å². The van der Waals surface area contributed by atoms with Gasteiger partial charge in [-0.25, -0.2) is 9.18 Å². The third-order valence-electron chi connectivity index (χ3n) is 0.379. The number of ether oxygens (including phenoxy) is 1. The Morgan fingerprint density at radius 2 is 2.43 bits per heavy atom. The molecule has 4 heteroatoms. The van der Waals surface area contributed by atoms with E-state index in [4.69, 9.17) is 0 Å². The van der Waals surface area contributed by atoms with Crippen molar-refractivity contribution in [1.29, 1.82) is 0 Å². The van der Waals surface area contributed by atoms with Gasteiger partial charge in [0.05, 0.1) is 7.11 Å². The van der Waals surface area contributed by atoms with Crippen LogP contribution in [0.1, 0.15) is 0 Å². The van der Waals surface area contributed by atoms with Crippen LogP contribution in [0.2, 0.25) is 0 Å². The van der Waals surface area contributed by atoms with E-state index in [0.717, 1.165) is 7.11 Å². The Morgan fingerprint density at radius 3 is 2.43 bits per heavy atom. The minimum Gasteiger partial charge on any atom is -0.466 e. The predicted octanol–water partition coefficient (Wildman–Crippen LogP) is 0.850. The molecule has 0 fully saturated rings. The summed E-state index contributed by atoms with van der Waals surface area (Å²) in [7, 11) is 1.12. The SMILES string of the molecule is COC(=O)C(F)Br. The second kappa shape index (κ2) is 2.96. The molecule has 7 heavy (non-hydrogen) atoms. The molecule has 1 atom stereocenters. The van der Waals surface area contributed by atoms with E-state index < -0.39 is 11.1 Å². The quantitative estimate of drug-likeness (QED) is 0.431. The minimum absolute atomic E-state index is 0.903. The summed E-state index contributed by atoms with van der Waals surface area (Å²) in [6.45, 7) is 0. The van der Waals surface area contributed by atoms with Gasteiger partial charge >= 0.3 is 5.97 Å². The molecular weight excluding hydrogens is 167 g/mol. The third-order valence-corrected chi connectivity index (χ3v) is 0.753.